The molecule has 0 radical (unpaired) electrons. The van der Waals surface area contributed by atoms with E-state index in [0.29, 0.717) is 18.5 Å². The molecule has 2 aliphatic heterocycles. The Morgan fingerprint density at radius 3 is 2.21 bits per heavy atom. The van der Waals surface area contributed by atoms with Crippen molar-refractivity contribution in [1.29, 1.82) is 0 Å². The molecule has 7 atom stereocenters. The minimum atomic E-state index is -4.17. The van der Waals surface area contributed by atoms with Crippen LogP contribution in [0.4, 0.5) is 4.39 Å². The number of rotatable bonds is 10. The van der Waals surface area contributed by atoms with Gasteiger partial charge >= 0.3 is 13.4 Å². The van der Waals surface area contributed by atoms with Crippen LogP contribution >= 0.6 is 13.4 Å². The number of halogens is 1. The van der Waals surface area contributed by atoms with E-state index in [4.69, 9.17) is 34.9 Å². The fourth-order valence-electron chi connectivity index (χ4n) is 4.85. The lowest BCUT2D eigenvalue weighted by molar-refractivity contribution is -0.0438. The average molecular weight is 681 g/mol. The summed E-state index contributed by atoms with van der Waals surface area (Å²) in [6, 6.07) is 0. The summed E-state index contributed by atoms with van der Waals surface area (Å²) in [6.45, 7) is -9.18. The summed E-state index contributed by atoms with van der Waals surface area (Å²) >= 11 is 9.63. The molecule has 2 saturated heterocycles. The molecule has 6 heterocycles. The molecule has 0 aliphatic carbocycles. The number of ether oxygens (including phenoxy) is 2. The van der Waals surface area contributed by atoms with E-state index in [2.05, 4.69) is 41.7 Å². The van der Waals surface area contributed by atoms with Gasteiger partial charge in [-0.25, -0.2) is 24.3 Å². The molecule has 0 saturated carbocycles. The Morgan fingerprint density at radius 2 is 1.56 bits per heavy atom. The van der Waals surface area contributed by atoms with E-state index in [0.717, 1.165) is 17.2 Å². The Balaban J connectivity index is 1.14. The third kappa shape index (κ3) is 6.39. The standard InChI is InChI=1S/C20H23FN8O10P2S2/c21-12-15(10(4-35-40(32,33)42)38-20(12)29-8-27-14-17(29)23-6-25-19(14)31)39-41(34,43)36-3-9-1-2-11(37-9)28-7-26-13-16(28)22-5-24-18(13)30/h5-12,15,20H,1-4H2,(H,34,43)(H,22,24,30)(H,23,25,31)(H2,32,33,42)/t9?,10?,11?,12-,15-,20?,41?/m1/s1. The number of hydrogen-bond donors (Lipinski definition) is 5. The summed E-state index contributed by atoms with van der Waals surface area (Å²) in [5.74, 6) is 0. The molecule has 4 aromatic heterocycles. The van der Waals surface area contributed by atoms with Crippen LogP contribution < -0.4 is 11.1 Å². The van der Waals surface area contributed by atoms with Crippen molar-refractivity contribution in [3.05, 3.63) is 46.0 Å². The van der Waals surface area contributed by atoms with Crippen molar-refractivity contribution >= 4 is 59.4 Å². The molecule has 0 spiro atoms. The molecule has 0 bridgehead atoms. The van der Waals surface area contributed by atoms with Crippen LogP contribution in [-0.2, 0) is 46.7 Å². The summed E-state index contributed by atoms with van der Waals surface area (Å²) in [5.41, 5.74) is -0.529. The summed E-state index contributed by atoms with van der Waals surface area (Å²) in [7, 11) is 0. The zero-order valence-electron chi connectivity index (χ0n) is 21.6. The fourth-order valence-corrected chi connectivity index (χ4v) is 6.83. The Bertz CT molecular complexity index is 1860. The quantitative estimate of drug-likeness (QED) is 0.139. The van der Waals surface area contributed by atoms with Crippen LogP contribution in [-0.4, -0.2) is 91.4 Å². The monoisotopic (exact) mass is 680 g/mol. The summed E-state index contributed by atoms with van der Waals surface area (Å²) in [5, 5.41) is 0. The first kappa shape index (κ1) is 30.6. The Kier molecular flexibility index (Phi) is 8.44. The van der Waals surface area contributed by atoms with E-state index in [1.54, 1.807) is 4.57 Å². The fraction of sp³-hybridized carbons (Fsp3) is 0.500. The van der Waals surface area contributed by atoms with Gasteiger partial charge in [0, 0.05) is 0 Å². The number of alkyl halides is 1. The number of aromatic amines is 2. The third-order valence-corrected chi connectivity index (χ3v) is 9.11. The maximum atomic E-state index is 15.9. The number of hydrogen-bond acceptors (Lipinski definition) is 13. The number of H-pyrrole nitrogens is 2. The van der Waals surface area contributed by atoms with Crippen molar-refractivity contribution in [3.8, 4) is 0 Å². The molecule has 5 unspecified atom stereocenters. The molecular weight excluding hydrogens is 657 g/mol. The zero-order valence-corrected chi connectivity index (χ0v) is 25.0. The average Bonchev–Trinajstić information content (AvgIpc) is 3.73. The summed E-state index contributed by atoms with van der Waals surface area (Å²) in [6.07, 6.45) is -1.63. The minimum Gasteiger partial charge on any atom is -0.352 e. The van der Waals surface area contributed by atoms with Gasteiger partial charge in [-0.3, -0.25) is 23.2 Å². The molecule has 232 valence electrons. The van der Waals surface area contributed by atoms with Crippen LogP contribution in [0.15, 0.2) is 34.9 Å². The van der Waals surface area contributed by atoms with Crippen molar-refractivity contribution < 1.29 is 42.1 Å². The Labute approximate surface area is 249 Å². The van der Waals surface area contributed by atoms with Crippen LogP contribution in [0.5, 0.6) is 0 Å². The van der Waals surface area contributed by atoms with Crippen molar-refractivity contribution in [2.24, 2.45) is 0 Å². The molecule has 2 aliphatic rings. The molecule has 18 nitrogen and oxygen atoms in total. The van der Waals surface area contributed by atoms with Crippen LogP contribution in [0.3, 0.4) is 0 Å². The normalized spacial score (nSPS) is 27.7. The van der Waals surface area contributed by atoms with Crippen molar-refractivity contribution in [3.63, 3.8) is 0 Å². The highest BCUT2D eigenvalue weighted by Crippen LogP contribution is 2.51. The number of fused-ring (bicyclic) bond motifs is 2. The number of aromatic nitrogens is 8. The van der Waals surface area contributed by atoms with Crippen LogP contribution in [0.25, 0.3) is 22.3 Å². The highest BCUT2D eigenvalue weighted by Gasteiger charge is 2.50. The van der Waals surface area contributed by atoms with Crippen LogP contribution in [0, 0.1) is 0 Å². The highest BCUT2D eigenvalue weighted by atomic mass is 32.5. The second-order valence-corrected chi connectivity index (χ2v) is 15.0. The maximum Gasteiger partial charge on any atom is 0.325 e. The van der Waals surface area contributed by atoms with E-state index >= 15 is 4.39 Å². The highest BCUT2D eigenvalue weighted by molar-refractivity contribution is 8.07. The van der Waals surface area contributed by atoms with Crippen LogP contribution in [0.2, 0.25) is 0 Å². The first-order chi connectivity index (χ1) is 20.4. The summed E-state index contributed by atoms with van der Waals surface area (Å²) < 4.78 is 46.2. The van der Waals surface area contributed by atoms with Gasteiger partial charge in [0.2, 0.25) is 0 Å². The smallest absolute Gasteiger partial charge is 0.325 e. The molecule has 0 amide bonds. The number of nitrogens with one attached hydrogen (secondary N) is 2. The topological polar surface area (TPSA) is 234 Å². The molecule has 0 aromatic carbocycles. The van der Waals surface area contributed by atoms with Gasteiger partial charge in [-0.1, -0.05) is 0 Å². The largest absolute Gasteiger partial charge is 0.352 e. The molecule has 2 fully saturated rings. The lowest BCUT2D eigenvalue weighted by atomic mass is 10.1. The van der Waals surface area contributed by atoms with Gasteiger partial charge in [-0.15, -0.1) is 0 Å². The number of nitrogens with zero attached hydrogens (tertiary/aromatic N) is 6. The predicted molar refractivity (Wildman–Crippen MR) is 150 cm³/mol. The minimum absolute atomic E-state index is 0.00393. The van der Waals surface area contributed by atoms with Gasteiger partial charge in [-0.05, 0) is 36.5 Å². The molecule has 43 heavy (non-hydrogen) atoms. The molecule has 4 aromatic rings. The first-order valence-corrected chi connectivity index (χ1v) is 17.7. The van der Waals surface area contributed by atoms with E-state index < -0.39 is 68.1 Å². The van der Waals surface area contributed by atoms with Gasteiger partial charge in [0.15, 0.2) is 34.7 Å². The third-order valence-electron chi connectivity index (χ3n) is 6.75. The van der Waals surface area contributed by atoms with E-state index in [9.17, 15) is 24.3 Å². The van der Waals surface area contributed by atoms with E-state index in [-0.39, 0.29) is 23.3 Å². The van der Waals surface area contributed by atoms with E-state index in [1.165, 1.54) is 12.7 Å². The van der Waals surface area contributed by atoms with Gasteiger partial charge < -0.3 is 43.2 Å². The first-order valence-electron chi connectivity index (χ1n) is 12.5. The molecule has 5 N–H and O–H groups in total. The summed E-state index contributed by atoms with van der Waals surface area (Å²) in [4.78, 5) is 74.9. The van der Waals surface area contributed by atoms with E-state index in [1.807, 2.05) is 0 Å². The molecular formula is C20H23FN8O10P2S2. The van der Waals surface area contributed by atoms with Gasteiger partial charge in [-0.2, -0.15) is 0 Å². The number of imidazole rings is 2. The SMILES string of the molecule is O=c1[nH]cnc2c1ncn2C1CCC(COP(O)(=S)O[C@@H]2C(COP(O)(O)=S)OC(n3cnc4c(=O)[nH]cnc43)[C@@H]2F)O1. The zero-order chi connectivity index (χ0) is 30.5. The van der Waals surface area contributed by atoms with Crippen molar-refractivity contribution in [1.82, 2.24) is 39.0 Å². The lowest BCUT2D eigenvalue weighted by Crippen LogP contribution is -2.34. The second-order valence-electron chi connectivity index (χ2n) is 9.53. The lowest BCUT2D eigenvalue weighted by Gasteiger charge is -2.25. The van der Waals surface area contributed by atoms with Crippen molar-refractivity contribution in [2.45, 2.75) is 49.8 Å². The molecule has 6 rings (SSSR count). The van der Waals surface area contributed by atoms with Crippen LogP contribution in [0.1, 0.15) is 25.3 Å². The predicted octanol–water partition coefficient (Wildman–Crippen LogP) is 0.0102. The second kappa shape index (κ2) is 11.8. The van der Waals surface area contributed by atoms with Gasteiger partial charge in [0.1, 0.15) is 18.4 Å². The molecule has 23 heteroatoms. The maximum absolute atomic E-state index is 15.9. The van der Waals surface area contributed by atoms with Gasteiger partial charge in [0.05, 0.1) is 44.6 Å². The van der Waals surface area contributed by atoms with Gasteiger partial charge in [0.25, 0.3) is 11.1 Å². The Morgan fingerprint density at radius 1 is 0.930 bits per heavy atom. The Hall–Kier alpha value is -2.39. The van der Waals surface area contributed by atoms with Crippen molar-refractivity contribution in [2.75, 3.05) is 13.2 Å².